The van der Waals surface area contributed by atoms with Crippen LogP contribution in [0, 0.1) is 0 Å². The van der Waals surface area contributed by atoms with Crippen LogP contribution in [0.1, 0.15) is 48.0 Å². The van der Waals surface area contributed by atoms with Gasteiger partial charge in [-0.25, -0.2) is 4.79 Å². The van der Waals surface area contributed by atoms with Crippen molar-refractivity contribution in [3.05, 3.63) is 46.5 Å². The SMILES string of the molecule is CCOC(=O)c1c(NC(=O)C(C)Sc2cn(CC)c3ccccc23)sc2c1CCC2. The van der Waals surface area contributed by atoms with E-state index >= 15 is 0 Å². The van der Waals surface area contributed by atoms with Crippen molar-refractivity contribution in [3.8, 4) is 0 Å². The summed E-state index contributed by atoms with van der Waals surface area (Å²) < 4.78 is 7.46. The lowest BCUT2D eigenvalue weighted by atomic mass is 10.1. The Hall–Kier alpha value is -2.25. The molecule has 0 fully saturated rings. The fourth-order valence-electron chi connectivity index (χ4n) is 3.94. The van der Waals surface area contributed by atoms with Crippen molar-refractivity contribution in [1.29, 1.82) is 0 Å². The molecule has 1 aliphatic carbocycles. The average molecular weight is 443 g/mol. The minimum atomic E-state index is -0.335. The van der Waals surface area contributed by atoms with E-state index in [1.807, 2.05) is 19.1 Å². The zero-order valence-corrected chi connectivity index (χ0v) is 19.1. The summed E-state index contributed by atoms with van der Waals surface area (Å²) in [4.78, 5) is 27.8. The Labute approximate surface area is 184 Å². The van der Waals surface area contributed by atoms with E-state index in [0.29, 0.717) is 17.2 Å². The van der Waals surface area contributed by atoms with Crippen LogP contribution in [0.2, 0.25) is 0 Å². The number of esters is 1. The van der Waals surface area contributed by atoms with E-state index in [1.54, 1.807) is 18.7 Å². The van der Waals surface area contributed by atoms with Gasteiger partial charge in [0.25, 0.3) is 0 Å². The maximum atomic E-state index is 13.0. The Morgan fingerprint density at radius 2 is 2.07 bits per heavy atom. The van der Waals surface area contributed by atoms with E-state index in [1.165, 1.54) is 21.7 Å². The molecular formula is C23H26N2O3S2. The number of hydrogen-bond donors (Lipinski definition) is 1. The molecular weight excluding hydrogens is 416 g/mol. The van der Waals surface area contributed by atoms with Gasteiger partial charge >= 0.3 is 5.97 Å². The molecule has 0 bridgehead atoms. The van der Waals surface area contributed by atoms with Gasteiger partial charge in [0.15, 0.2) is 0 Å². The maximum Gasteiger partial charge on any atom is 0.341 e. The monoisotopic (exact) mass is 442 g/mol. The van der Waals surface area contributed by atoms with Crippen LogP contribution in [0.15, 0.2) is 35.4 Å². The maximum absolute atomic E-state index is 13.0. The molecule has 0 spiro atoms. The third-order valence-electron chi connectivity index (χ3n) is 5.40. The van der Waals surface area contributed by atoms with Gasteiger partial charge in [-0.05, 0) is 51.7 Å². The molecule has 0 saturated carbocycles. The quantitative estimate of drug-likeness (QED) is 0.387. The van der Waals surface area contributed by atoms with E-state index in [-0.39, 0.29) is 17.1 Å². The van der Waals surface area contributed by atoms with Crippen molar-refractivity contribution in [3.63, 3.8) is 0 Å². The number of benzene rings is 1. The number of rotatable bonds is 7. The number of para-hydroxylation sites is 1. The van der Waals surface area contributed by atoms with E-state index in [2.05, 4.69) is 35.1 Å². The number of carbonyl (C=O) groups is 2. The number of nitrogens with zero attached hydrogens (tertiary/aromatic N) is 1. The molecule has 158 valence electrons. The summed E-state index contributed by atoms with van der Waals surface area (Å²) >= 11 is 3.07. The Morgan fingerprint density at radius 3 is 2.83 bits per heavy atom. The number of anilines is 1. The van der Waals surface area contributed by atoms with Gasteiger partial charge in [0.05, 0.1) is 17.4 Å². The van der Waals surface area contributed by atoms with E-state index in [4.69, 9.17) is 4.74 Å². The number of hydrogen-bond acceptors (Lipinski definition) is 5. The Morgan fingerprint density at radius 1 is 1.27 bits per heavy atom. The highest BCUT2D eigenvalue weighted by molar-refractivity contribution is 8.00. The molecule has 7 heteroatoms. The fraction of sp³-hybridized carbons (Fsp3) is 0.391. The molecule has 30 heavy (non-hydrogen) atoms. The summed E-state index contributed by atoms with van der Waals surface area (Å²) in [6, 6.07) is 8.26. The molecule has 2 aromatic heterocycles. The highest BCUT2D eigenvalue weighted by Gasteiger charge is 2.29. The van der Waals surface area contributed by atoms with Gasteiger partial charge < -0.3 is 14.6 Å². The van der Waals surface area contributed by atoms with Crippen LogP contribution in [0.3, 0.4) is 0 Å². The second-order valence-electron chi connectivity index (χ2n) is 7.33. The fourth-order valence-corrected chi connectivity index (χ4v) is 6.25. The number of ether oxygens (including phenoxy) is 1. The molecule has 1 aromatic carbocycles. The van der Waals surface area contributed by atoms with Crippen molar-refractivity contribution in [2.24, 2.45) is 0 Å². The minimum Gasteiger partial charge on any atom is -0.462 e. The van der Waals surface area contributed by atoms with E-state index < -0.39 is 0 Å². The molecule has 0 aliphatic heterocycles. The van der Waals surface area contributed by atoms with Gasteiger partial charge in [-0.15, -0.1) is 23.1 Å². The number of nitrogens with one attached hydrogen (secondary N) is 1. The van der Waals surface area contributed by atoms with Gasteiger partial charge in [-0.2, -0.15) is 0 Å². The topological polar surface area (TPSA) is 60.3 Å². The molecule has 0 saturated heterocycles. The number of thioether (sulfide) groups is 1. The first-order chi connectivity index (χ1) is 14.5. The molecule has 2 heterocycles. The first-order valence-electron chi connectivity index (χ1n) is 10.4. The molecule has 4 rings (SSSR count). The third-order valence-corrected chi connectivity index (χ3v) is 7.76. The average Bonchev–Trinajstić information content (AvgIpc) is 3.41. The summed E-state index contributed by atoms with van der Waals surface area (Å²) in [6.45, 7) is 7.03. The van der Waals surface area contributed by atoms with E-state index in [9.17, 15) is 9.59 Å². The van der Waals surface area contributed by atoms with Gasteiger partial charge in [0.2, 0.25) is 5.91 Å². The highest BCUT2D eigenvalue weighted by atomic mass is 32.2. The summed E-state index contributed by atoms with van der Waals surface area (Å²) in [5, 5.41) is 4.51. The molecule has 1 unspecified atom stereocenters. The standard InChI is InChI=1S/C23H26N2O3S2/c1-4-25-13-19(15-9-6-7-11-17(15)25)29-14(3)21(26)24-22-20(23(27)28-5-2)16-10-8-12-18(16)30-22/h6-7,9,11,13-14H,4-5,8,10,12H2,1-3H3,(H,24,26). The minimum absolute atomic E-state index is 0.0983. The van der Waals surface area contributed by atoms with Crippen LogP contribution in [0.4, 0.5) is 5.00 Å². The predicted molar refractivity (Wildman–Crippen MR) is 124 cm³/mol. The number of aromatic nitrogens is 1. The van der Waals surface area contributed by atoms with Crippen LogP contribution in [-0.4, -0.2) is 28.3 Å². The number of amides is 1. The van der Waals surface area contributed by atoms with Crippen molar-refractivity contribution < 1.29 is 14.3 Å². The molecule has 5 nitrogen and oxygen atoms in total. The van der Waals surface area contributed by atoms with Crippen LogP contribution in [0.5, 0.6) is 0 Å². The second kappa shape index (κ2) is 8.86. The van der Waals surface area contributed by atoms with Gasteiger partial charge in [-0.1, -0.05) is 18.2 Å². The normalized spacial score (nSPS) is 14.0. The second-order valence-corrected chi connectivity index (χ2v) is 9.82. The van der Waals surface area contributed by atoms with Crippen molar-refractivity contribution in [2.75, 3.05) is 11.9 Å². The Kier molecular flexibility index (Phi) is 6.20. The van der Waals surface area contributed by atoms with E-state index in [0.717, 1.165) is 41.7 Å². The molecule has 1 atom stereocenters. The van der Waals surface area contributed by atoms with Crippen LogP contribution in [0.25, 0.3) is 10.9 Å². The van der Waals surface area contributed by atoms with Crippen molar-refractivity contribution >= 4 is 50.9 Å². The first kappa shape index (κ1) is 21.0. The molecule has 1 aliphatic rings. The van der Waals surface area contributed by atoms with Gasteiger partial charge in [-0.3, -0.25) is 4.79 Å². The highest BCUT2D eigenvalue weighted by Crippen LogP contribution is 2.40. The van der Waals surface area contributed by atoms with Crippen LogP contribution < -0.4 is 5.32 Å². The summed E-state index contributed by atoms with van der Waals surface area (Å²) in [5.74, 6) is -0.433. The molecule has 1 N–H and O–H groups in total. The number of thiophene rings is 1. The molecule has 3 aromatic rings. The summed E-state index contributed by atoms with van der Waals surface area (Å²) in [7, 11) is 0. The first-order valence-corrected chi connectivity index (χ1v) is 12.1. The predicted octanol–water partition coefficient (Wildman–Crippen LogP) is 5.51. The Bertz CT molecular complexity index is 1100. The molecule has 0 radical (unpaired) electrons. The van der Waals surface area contributed by atoms with Gasteiger partial charge in [0.1, 0.15) is 5.00 Å². The van der Waals surface area contributed by atoms with Crippen molar-refractivity contribution in [2.45, 2.75) is 56.7 Å². The van der Waals surface area contributed by atoms with Crippen molar-refractivity contribution in [1.82, 2.24) is 4.57 Å². The summed E-state index contributed by atoms with van der Waals surface area (Å²) in [5.41, 5.74) is 2.79. The Balaban J connectivity index is 1.55. The largest absolute Gasteiger partial charge is 0.462 e. The zero-order chi connectivity index (χ0) is 21.3. The van der Waals surface area contributed by atoms with Crippen LogP contribution >= 0.6 is 23.1 Å². The molecule has 1 amide bonds. The third kappa shape index (κ3) is 3.88. The van der Waals surface area contributed by atoms with Gasteiger partial charge in [0, 0.05) is 33.4 Å². The number of fused-ring (bicyclic) bond motifs is 2. The zero-order valence-electron chi connectivity index (χ0n) is 17.5. The number of aryl methyl sites for hydroxylation is 2. The lowest BCUT2D eigenvalue weighted by molar-refractivity contribution is -0.115. The lowest BCUT2D eigenvalue weighted by Gasteiger charge is -2.12. The summed E-state index contributed by atoms with van der Waals surface area (Å²) in [6.07, 6.45) is 5.00. The lowest BCUT2D eigenvalue weighted by Crippen LogP contribution is -2.23. The van der Waals surface area contributed by atoms with Crippen LogP contribution in [-0.2, 0) is 28.9 Å². The number of carbonyl (C=O) groups excluding carboxylic acids is 2. The smallest absolute Gasteiger partial charge is 0.341 e.